The molecule has 1 aromatic heterocycles. The average Bonchev–Trinajstić information content (AvgIpc) is 2.43. The lowest BCUT2D eigenvalue weighted by atomic mass is 10.1. The van der Waals surface area contributed by atoms with Crippen LogP contribution in [-0.4, -0.2) is 18.1 Å². The molecule has 0 radical (unpaired) electrons. The lowest BCUT2D eigenvalue weighted by Gasteiger charge is -2.06. The zero-order valence-corrected chi connectivity index (χ0v) is 12.0. The standard InChI is InChI=1S/C17H22N2/c1-4-14(12-18-5-2)10-15-7-9-17-16(11-15)8-6-13(3)19-17/h6-11,18H,4-5,12H2,1-3H3/b14-10+. The van der Waals surface area contributed by atoms with Crippen LogP contribution < -0.4 is 5.32 Å². The zero-order valence-electron chi connectivity index (χ0n) is 12.0. The van der Waals surface area contributed by atoms with Gasteiger partial charge in [0.15, 0.2) is 0 Å². The molecule has 2 aromatic rings. The van der Waals surface area contributed by atoms with Crippen LogP contribution in [0.5, 0.6) is 0 Å². The highest BCUT2D eigenvalue weighted by atomic mass is 14.8. The van der Waals surface area contributed by atoms with Crippen LogP contribution in [0.3, 0.4) is 0 Å². The van der Waals surface area contributed by atoms with Crippen LogP contribution in [0, 0.1) is 6.92 Å². The van der Waals surface area contributed by atoms with E-state index in [4.69, 9.17) is 0 Å². The summed E-state index contributed by atoms with van der Waals surface area (Å²) >= 11 is 0. The first-order chi connectivity index (χ1) is 9.22. The Hall–Kier alpha value is -1.67. The highest BCUT2D eigenvalue weighted by Crippen LogP contribution is 2.17. The fourth-order valence-corrected chi connectivity index (χ4v) is 2.14. The molecule has 0 fully saturated rings. The van der Waals surface area contributed by atoms with Crippen molar-refractivity contribution in [2.75, 3.05) is 13.1 Å². The van der Waals surface area contributed by atoms with E-state index >= 15 is 0 Å². The summed E-state index contributed by atoms with van der Waals surface area (Å²) in [5, 5.41) is 4.59. The Balaban J connectivity index is 2.29. The molecule has 2 nitrogen and oxygen atoms in total. The largest absolute Gasteiger partial charge is 0.313 e. The molecule has 1 aromatic carbocycles. The third-order valence-corrected chi connectivity index (χ3v) is 3.28. The van der Waals surface area contributed by atoms with Gasteiger partial charge in [0, 0.05) is 17.6 Å². The van der Waals surface area contributed by atoms with Crippen LogP contribution in [-0.2, 0) is 0 Å². The predicted molar refractivity (Wildman–Crippen MR) is 83.3 cm³/mol. The first-order valence-electron chi connectivity index (χ1n) is 7.00. The molecule has 2 heteroatoms. The minimum Gasteiger partial charge on any atom is -0.313 e. The second-order valence-electron chi connectivity index (χ2n) is 4.84. The predicted octanol–water partition coefficient (Wildman–Crippen LogP) is 3.95. The molecule has 19 heavy (non-hydrogen) atoms. The number of hydrogen-bond acceptors (Lipinski definition) is 2. The average molecular weight is 254 g/mol. The summed E-state index contributed by atoms with van der Waals surface area (Å²) in [4.78, 5) is 4.53. The van der Waals surface area contributed by atoms with Gasteiger partial charge in [-0.05, 0) is 43.7 Å². The van der Waals surface area contributed by atoms with Crippen LogP contribution in [0.15, 0.2) is 35.9 Å². The highest BCUT2D eigenvalue weighted by molar-refractivity contribution is 5.81. The summed E-state index contributed by atoms with van der Waals surface area (Å²) in [7, 11) is 0. The van der Waals surface area contributed by atoms with Crippen molar-refractivity contribution in [2.45, 2.75) is 27.2 Å². The summed E-state index contributed by atoms with van der Waals surface area (Å²) in [5.74, 6) is 0. The van der Waals surface area contributed by atoms with Crippen molar-refractivity contribution in [1.82, 2.24) is 10.3 Å². The van der Waals surface area contributed by atoms with Crippen molar-refractivity contribution in [1.29, 1.82) is 0 Å². The van der Waals surface area contributed by atoms with E-state index in [9.17, 15) is 0 Å². The third-order valence-electron chi connectivity index (χ3n) is 3.28. The molecule has 0 spiro atoms. The zero-order chi connectivity index (χ0) is 13.7. The molecule has 0 bridgehead atoms. The molecule has 0 aliphatic rings. The van der Waals surface area contributed by atoms with Crippen molar-refractivity contribution in [2.24, 2.45) is 0 Å². The Morgan fingerprint density at radius 2 is 2.05 bits per heavy atom. The van der Waals surface area contributed by atoms with Crippen molar-refractivity contribution in [3.8, 4) is 0 Å². The van der Waals surface area contributed by atoms with Crippen LogP contribution in [0.25, 0.3) is 17.0 Å². The van der Waals surface area contributed by atoms with Crippen molar-refractivity contribution in [3.05, 3.63) is 47.2 Å². The van der Waals surface area contributed by atoms with E-state index in [1.54, 1.807) is 0 Å². The summed E-state index contributed by atoms with van der Waals surface area (Å²) in [6.45, 7) is 8.35. The Labute approximate surface area is 115 Å². The first kappa shape index (κ1) is 13.8. The maximum Gasteiger partial charge on any atom is 0.0705 e. The maximum absolute atomic E-state index is 4.53. The summed E-state index contributed by atoms with van der Waals surface area (Å²) in [5.41, 5.74) is 4.83. The monoisotopic (exact) mass is 254 g/mol. The van der Waals surface area contributed by atoms with Gasteiger partial charge >= 0.3 is 0 Å². The first-order valence-corrected chi connectivity index (χ1v) is 7.00. The Bertz CT molecular complexity index is 585. The molecule has 0 unspecified atom stereocenters. The molecule has 0 saturated carbocycles. The van der Waals surface area contributed by atoms with Gasteiger partial charge in [-0.3, -0.25) is 4.98 Å². The molecule has 1 heterocycles. The molecular formula is C17H22N2. The number of rotatable bonds is 5. The van der Waals surface area contributed by atoms with Crippen molar-refractivity contribution < 1.29 is 0 Å². The highest BCUT2D eigenvalue weighted by Gasteiger charge is 1.99. The van der Waals surface area contributed by atoms with Gasteiger partial charge in [0.25, 0.3) is 0 Å². The number of pyridine rings is 1. The molecule has 2 rings (SSSR count). The van der Waals surface area contributed by atoms with E-state index in [-0.39, 0.29) is 0 Å². The van der Waals surface area contributed by atoms with Gasteiger partial charge in [0.1, 0.15) is 0 Å². The third kappa shape index (κ3) is 3.65. The molecule has 0 amide bonds. The second-order valence-corrected chi connectivity index (χ2v) is 4.84. The fourth-order valence-electron chi connectivity index (χ4n) is 2.14. The van der Waals surface area contributed by atoms with Gasteiger partial charge in [-0.15, -0.1) is 0 Å². The van der Waals surface area contributed by atoms with E-state index in [1.165, 1.54) is 16.5 Å². The number of nitrogens with one attached hydrogen (secondary N) is 1. The molecule has 1 N–H and O–H groups in total. The quantitative estimate of drug-likeness (QED) is 0.874. The van der Waals surface area contributed by atoms with E-state index in [0.717, 1.165) is 30.7 Å². The Morgan fingerprint density at radius 3 is 2.79 bits per heavy atom. The van der Waals surface area contributed by atoms with Crippen LogP contribution >= 0.6 is 0 Å². The van der Waals surface area contributed by atoms with Gasteiger partial charge in [0.2, 0.25) is 0 Å². The number of fused-ring (bicyclic) bond motifs is 1. The number of benzene rings is 1. The van der Waals surface area contributed by atoms with Crippen LogP contribution in [0.4, 0.5) is 0 Å². The Kier molecular flexibility index (Phi) is 4.69. The number of aromatic nitrogens is 1. The van der Waals surface area contributed by atoms with E-state index in [0.29, 0.717) is 0 Å². The normalized spacial score (nSPS) is 12.1. The number of nitrogens with zero attached hydrogens (tertiary/aromatic N) is 1. The summed E-state index contributed by atoms with van der Waals surface area (Å²) in [6, 6.07) is 10.7. The van der Waals surface area contributed by atoms with Crippen molar-refractivity contribution in [3.63, 3.8) is 0 Å². The maximum atomic E-state index is 4.53. The second kappa shape index (κ2) is 6.48. The minimum absolute atomic E-state index is 0.969. The fraction of sp³-hybridized carbons (Fsp3) is 0.353. The lowest BCUT2D eigenvalue weighted by molar-refractivity contribution is 0.762. The van der Waals surface area contributed by atoms with Crippen molar-refractivity contribution >= 4 is 17.0 Å². The lowest BCUT2D eigenvalue weighted by Crippen LogP contribution is -2.15. The van der Waals surface area contributed by atoms with Crippen LogP contribution in [0.2, 0.25) is 0 Å². The van der Waals surface area contributed by atoms with Gasteiger partial charge in [0.05, 0.1) is 5.52 Å². The molecule has 0 aliphatic heterocycles. The van der Waals surface area contributed by atoms with E-state index < -0.39 is 0 Å². The molecule has 100 valence electrons. The number of likely N-dealkylation sites (N-methyl/N-ethyl adjacent to an activating group) is 1. The van der Waals surface area contributed by atoms with Gasteiger partial charge in [-0.25, -0.2) is 0 Å². The molecule has 0 aliphatic carbocycles. The van der Waals surface area contributed by atoms with E-state index in [1.807, 2.05) is 6.92 Å². The number of aryl methyl sites for hydroxylation is 1. The van der Waals surface area contributed by atoms with Gasteiger partial charge in [-0.1, -0.05) is 37.6 Å². The van der Waals surface area contributed by atoms with E-state index in [2.05, 4.69) is 60.6 Å². The number of hydrogen-bond donors (Lipinski definition) is 1. The SMILES string of the molecule is CCNC/C(=C/c1ccc2nc(C)ccc2c1)CC. The molecule has 0 atom stereocenters. The van der Waals surface area contributed by atoms with Gasteiger partial charge < -0.3 is 5.32 Å². The molecule has 0 saturated heterocycles. The smallest absolute Gasteiger partial charge is 0.0705 e. The topological polar surface area (TPSA) is 24.9 Å². The minimum atomic E-state index is 0.969. The molecular weight excluding hydrogens is 232 g/mol. The van der Waals surface area contributed by atoms with Gasteiger partial charge in [-0.2, -0.15) is 0 Å². The van der Waals surface area contributed by atoms with Crippen LogP contribution in [0.1, 0.15) is 31.5 Å². The Morgan fingerprint density at radius 1 is 1.21 bits per heavy atom. The summed E-state index contributed by atoms with van der Waals surface area (Å²) < 4.78 is 0. The summed E-state index contributed by atoms with van der Waals surface area (Å²) in [6.07, 6.45) is 3.36.